The van der Waals surface area contributed by atoms with Crippen LogP contribution in [0.2, 0.25) is 0 Å². The van der Waals surface area contributed by atoms with E-state index in [1.165, 1.54) is 5.56 Å². The van der Waals surface area contributed by atoms with Gasteiger partial charge < -0.3 is 15.0 Å². The van der Waals surface area contributed by atoms with E-state index in [1.807, 2.05) is 23.1 Å². The Balaban J connectivity index is 0.00000156. The third-order valence-corrected chi connectivity index (χ3v) is 5.55. The number of amides is 1. The molecule has 0 bridgehead atoms. The molecule has 1 aromatic carbocycles. The average molecular weight is 337 g/mol. The smallest absolute Gasteiger partial charge is 0.256 e. The Labute approximate surface area is 144 Å². The number of ether oxygens (including phenoxy) is 1. The van der Waals surface area contributed by atoms with Gasteiger partial charge in [-0.25, -0.2) is 0 Å². The first kappa shape index (κ1) is 16.7. The summed E-state index contributed by atoms with van der Waals surface area (Å²) in [5.41, 5.74) is 2.34. The fourth-order valence-electron chi connectivity index (χ4n) is 4.20. The van der Waals surface area contributed by atoms with Crippen molar-refractivity contribution < 1.29 is 9.53 Å². The molecule has 0 aliphatic carbocycles. The minimum atomic E-state index is -0.388. The van der Waals surface area contributed by atoms with Crippen LogP contribution in [0.1, 0.15) is 30.1 Å². The zero-order valence-electron chi connectivity index (χ0n) is 13.4. The van der Waals surface area contributed by atoms with E-state index in [0.29, 0.717) is 6.61 Å². The quantitative estimate of drug-likeness (QED) is 0.854. The van der Waals surface area contributed by atoms with Gasteiger partial charge in [-0.3, -0.25) is 4.79 Å². The van der Waals surface area contributed by atoms with Crippen LogP contribution < -0.4 is 5.32 Å². The van der Waals surface area contributed by atoms with E-state index < -0.39 is 0 Å². The van der Waals surface area contributed by atoms with Crippen LogP contribution in [0.3, 0.4) is 0 Å². The molecule has 1 amide bonds. The summed E-state index contributed by atoms with van der Waals surface area (Å²) in [5.74, 6) is 1.66. The van der Waals surface area contributed by atoms with Crippen LogP contribution in [-0.4, -0.2) is 43.6 Å². The van der Waals surface area contributed by atoms with Gasteiger partial charge in [0.1, 0.15) is 0 Å². The second-order valence-corrected chi connectivity index (χ2v) is 6.78. The van der Waals surface area contributed by atoms with Crippen molar-refractivity contribution in [1.29, 1.82) is 0 Å². The molecule has 23 heavy (non-hydrogen) atoms. The summed E-state index contributed by atoms with van der Waals surface area (Å²) in [6.45, 7) is 4.65. The van der Waals surface area contributed by atoms with E-state index >= 15 is 0 Å². The van der Waals surface area contributed by atoms with Gasteiger partial charge in [-0.15, -0.1) is 12.4 Å². The molecule has 1 unspecified atom stereocenters. The van der Waals surface area contributed by atoms with Gasteiger partial charge in [0.05, 0.1) is 6.61 Å². The van der Waals surface area contributed by atoms with E-state index in [0.717, 1.165) is 62.8 Å². The number of carbonyl (C=O) groups excluding carboxylic acids is 1. The van der Waals surface area contributed by atoms with Crippen molar-refractivity contribution in [2.75, 3.05) is 32.8 Å². The fraction of sp³-hybridized carbons (Fsp3) is 0.611. The number of halogens is 1. The summed E-state index contributed by atoms with van der Waals surface area (Å²) in [5, 5.41) is 3.48. The lowest BCUT2D eigenvalue weighted by molar-refractivity contribution is -0.145. The van der Waals surface area contributed by atoms with Crippen molar-refractivity contribution in [2.24, 2.45) is 11.8 Å². The molecule has 3 aliphatic rings. The number of fused-ring (bicyclic) bond motifs is 2. The molecule has 0 aromatic heterocycles. The number of rotatable bonds is 1. The molecule has 4 nitrogen and oxygen atoms in total. The Morgan fingerprint density at radius 1 is 1.13 bits per heavy atom. The molecule has 3 heterocycles. The third kappa shape index (κ3) is 3.25. The summed E-state index contributed by atoms with van der Waals surface area (Å²) in [4.78, 5) is 15.0. The minimum Gasteiger partial charge on any atom is -0.363 e. The molecule has 2 fully saturated rings. The van der Waals surface area contributed by atoms with Gasteiger partial charge in [-0.1, -0.05) is 24.3 Å². The average Bonchev–Trinajstić information content (AvgIpc) is 2.92. The van der Waals surface area contributed by atoms with Gasteiger partial charge in [-0.05, 0) is 55.3 Å². The number of hydrogen-bond donors (Lipinski definition) is 1. The molecule has 0 spiro atoms. The molecule has 5 heteroatoms. The summed E-state index contributed by atoms with van der Waals surface area (Å²) >= 11 is 0. The van der Waals surface area contributed by atoms with Crippen molar-refractivity contribution in [1.82, 2.24) is 10.2 Å². The second-order valence-electron chi connectivity index (χ2n) is 6.78. The standard InChI is InChI=1S/C18H24N2O2.ClH/c21-18(17-16-4-2-1-3-13(16)7-10-22-17)20-8-5-14-11-19-12-15(14)6-9-20;/h1-4,14-15,17,19H,5-12H2;1H/t14-,15+,17?;. The monoisotopic (exact) mass is 336 g/mol. The molecule has 3 atom stereocenters. The van der Waals surface area contributed by atoms with Crippen LogP contribution >= 0.6 is 12.4 Å². The first-order valence-electron chi connectivity index (χ1n) is 8.52. The summed E-state index contributed by atoms with van der Waals surface area (Å²) in [7, 11) is 0. The lowest BCUT2D eigenvalue weighted by Gasteiger charge is -2.30. The highest BCUT2D eigenvalue weighted by Crippen LogP contribution is 2.32. The van der Waals surface area contributed by atoms with Crippen molar-refractivity contribution in [3.05, 3.63) is 35.4 Å². The molecular weight excluding hydrogens is 312 g/mol. The van der Waals surface area contributed by atoms with Crippen molar-refractivity contribution in [3.63, 3.8) is 0 Å². The van der Waals surface area contributed by atoms with Crippen LogP contribution in [0.5, 0.6) is 0 Å². The maximum absolute atomic E-state index is 13.0. The van der Waals surface area contributed by atoms with E-state index in [-0.39, 0.29) is 24.4 Å². The van der Waals surface area contributed by atoms with E-state index in [9.17, 15) is 4.79 Å². The molecular formula is C18H25ClN2O2. The van der Waals surface area contributed by atoms with Crippen LogP contribution in [0.4, 0.5) is 0 Å². The highest BCUT2D eigenvalue weighted by Gasteiger charge is 2.35. The third-order valence-electron chi connectivity index (χ3n) is 5.55. The number of benzene rings is 1. The lowest BCUT2D eigenvalue weighted by Crippen LogP contribution is -2.39. The minimum absolute atomic E-state index is 0. The molecule has 126 valence electrons. The SMILES string of the molecule is Cl.O=C(C1OCCc2ccccc21)N1CC[C@@H]2CNC[C@@H]2CC1. The molecule has 0 radical (unpaired) electrons. The Hall–Kier alpha value is -1.10. The van der Waals surface area contributed by atoms with E-state index in [2.05, 4.69) is 11.4 Å². The Morgan fingerprint density at radius 2 is 1.83 bits per heavy atom. The van der Waals surface area contributed by atoms with Crippen molar-refractivity contribution in [3.8, 4) is 0 Å². The number of nitrogens with one attached hydrogen (secondary N) is 1. The Morgan fingerprint density at radius 3 is 2.57 bits per heavy atom. The van der Waals surface area contributed by atoms with Gasteiger partial charge in [-0.2, -0.15) is 0 Å². The zero-order valence-corrected chi connectivity index (χ0v) is 14.2. The van der Waals surface area contributed by atoms with Gasteiger partial charge in [0, 0.05) is 13.1 Å². The fourth-order valence-corrected chi connectivity index (χ4v) is 4.20. The Kier molecular flexibility index (Phi) is 5.24. The highest BCUT2D eigenvalue weighted by molar-refractivity contribution is 5.85. The number of carbonyl (C=O) groups is 1. The lowest BCUT2D eigenvalue weighted by atomic mass is 9.92. The second kappa shape index (κ2) is 7.20. The summed E-state index contributed by atoms with van der Waals surface area (Å²) < 4.78 is 5.85. The largest absolute Gasteiger partial charge is 0.363 e. The normalized spacial score (nSPS) is 29.9. The predicted octanol–water partition coefficient (Wildman–Crippen LogP) is 2.18. The maximum Gasteiger partial charge on any atom is 0.256 e. The van der Waals surface area contributed by atoms with Crippen LogP contribution in [-0.2, 0) is 16.0 Å². The zero-order chi connectivity index (χ0) is 14.9. The maximum atomic E-state index is 13.0. The van der Waals surface area contributed by atoms with Crippen LogP contribution in [0.15, 0.2) is 24.3 Å². The molecule has 3 aliphatic heterocycles. The first-order chi connectivity index (χ1) is 10.8. The molecule has 1 aromatic rings. The van der Waals surface area contributed by atoms with Crippen LogP contribution in [0, 0.1) is 11.8 Å². The summed E-state index contributed by atoms with van der Waals surface area (Å²) in [6.07, 6.45) is 2.77. The van der Waals surface area contributed by atoms with Gasteiger partial charge in [0.2, 0.25) is 0 Å². The van der Waals surface area contributed by atoms with Gasteiger partial charge >= 0.3 is 0 Å². The van der Waals surface area contributed by atoms with E-state index in [4.69, 9.17) is 4.74 Å². The van der Waals surface area contributed by atoms with Gasteiger partial charge in [0.25, 0.3) is 5.91 Å². The highest BCUT2D eigenvalue weighted by atomic mass is 35.5. The number of likely N-dealkylation sites (tertiary alicyclic amines) is 1. The molecule has 2 saturated heterocycles. The number of nitrogens with zero attached hydrogens (tertiary/aromatic N) is 1. The molecule has 0 saturated carbocycles. The first-order valence-corrected chi connectivity index (χ1v) is 8.52. The topological polar surface area (TPSA) is 41.6 Å². The van der Waals surface area contributed by atoms with Gasteiger partial charge in [0.15, 0.2) is 6.10 Å². The van der Waals surface area contributed by atoms with Crippen molar-refractivity contribution >= 4 is 18.3 Å². The van der Waals surface area contributed by atoms with E-state index in [1.54, 1.807) is 0 Å². The van der Waals surface area contributed by atoms with Crippen molar-refractivity contribution in [2.45, 2.75) is 25.4 Å². The Bertz CT molecular complexity index is 552. The summed E-state index contributed by atoms with van der Waals surface area (Å²) in [6, 6.07) is 8.22. The molecule has 4 rings (SSSR count). The number of hydrogen-bond acceptors (Lipinski definition) is 3. The molecule has 1 N–H and O–H groups in total. The predicted molar refractivity (Wildman–Crippen MR) is 91.8 cm³/mol. The van der Waals surface area contributed by atoms with Crippen LogP contribution in [0.25, 0.3) is 0 Å².